The lowest BCUT2D eigenvalue weighted by molar-refractivity contribution is -0.145. The van der Waals surface area contributed by atoms with Crippen molar-refractivity contribution in [3.63, 3.8) is 0 Å². The Balaban J connectivity index is 1.82. The van der Waals surface area contributed by atoms with Crippen LogP contribution in [0.5, 0.6) is 0 Å². The van der Waals surface area contributed by atoms with Gasteiger partial charge in [0.25, 0.3) is 0 Å². The smallest absolute Gasteiger partial charge is 0.323 e. The van der Waals surface area contributed by atoms with Crippen LogP contribution >= 0.6 is 0 Å². The predicted molar refractivity (Wildman–Crippen MR) is 67.0 cm³/mol. The van der Waals surface area contributed by atoms with E-state index in [1.165, 1.54) is 6.42 Å². The van der Waals surface area contributed by atoms with Crippen molar-refractivity contribution in [2.24, 2.45) is 11.8 Å². The van der Waals surface area contributed by atoms with Crippen molar-refractivity contribution in [1.82, 2.24) is 10.2 Å². The average molecular weight is 240 g/mol. The Morgan fingerprint density at radius 3 is 2.65 bits per heavy atom. The topological polar surface area (TPSA) is 52.6 Å². The number of aliphatic carboxylic acids is 1. The summed E-state index contributed by atoms with van der Waals surface area (Å²) in [6, 6.07) is 0. The second-order valence-corrected chi connectivity index (χ2v) is 5.71. The number of nitrogens with zero attached hydrogens (tertiary/aromatic N) is 1. The van der Waals surface area contributed by atoms with Gasteiger partial charge in [0.15, 0.2) is 0 Å². The van der Waals surface area contributed by atoms with Crippen LogP contribution in [0.2, 0.25) is 0 Å². The first-order valence-electron chi connectivity index (χ1n) is 6.77. The van der Waals surface area contributed by atoms with Crippen molar-refractivity contribution in [2.45, 2.75) is 38.6 Å². The van der Waals surface area contributed by atoms with E-state index < -0.39 is 11.5 Å². The Labute approximate surface area is 103 Å². The van der Waals surface area contributed by atoms with Crippen LogP contribution in [0.25, 0.3) is 0 Å². The molecule has 0 radical (unpaired) electrons. The normalized spacial score (nSPS) is 29.2. The van der Waals surface area contributed by atoms with Crippen molar-refractivity contribution in [1.29, 1.82) is 0 Å². The van der Waals surface area contributed by atoms with Gasteiger partial charge in [-0.15, -0.1) is 0 Å². The van der Waals surface area contributed by atoms with E-state index in [9.17, 15) is 9.90 Å². The molecule has 4 heteroatoms. The van der Waals surface area contributed by atoms with E-state index in [-0.39, 0.29) is 0 Å². The Morgan fingerprint density at radius 2 is 2.18 bits per heavy atom. The SMILES string of the molecule is CCN1CCC(CNC(C)(C(=O)O)C2CC2)C1. The molecular formula is C13H24N2O2. The standard InChI is InChI=1S/C13H24N2O2/c1-3-15-7-6-10(9-15)8-14-13(2,12(16)17)11-4-5-11/h10-11,14H,3-9H2,1-2H3,(H,16,17). The van der Waals surface area contributed by atoms with E-state index in [1.807, 2.05) is 6.92 Å². The molecule has 1 aliphatic carbocycles. The molecule has 0 aromatic rings. The molecule has 0 aromatic carbocycles. The summed E-state index contributed by atoms with van der Waals surface area (Å²) in [4.78, 5) is 13.8. The Kier molecular flexibility index (Phi) is 3.73. The molecule has 0 spiro atoms. The summed E-state index contributed by atoms with van der Waals surface area (Å²) in [7, 11) is 0. The highest BCUT2D eigenvalue weighted by molar-refractivity contribution is 5.79. The van der Waals surface area contributed by atoms with Crippen LogP contribution in [0.3, 0.4) is 0 Å². The number of carboxylic acid groups (broad SMARTS) is 1. The molecule has 2 atom stereocenters. The highest BCUT2D eigenvalue weighted by Crippen LogP contribution is 2.39. The summed E-state index contributed by atoms with van der Waals surface area (Å²) in [5, 5.41) is 12.7. The van der Waals surface area contributed by atoms with E-state index in [0.29, 0.717) is 11.8 Å². The third-order valence-corrected chi connectivity index (χ3v) is 4.41. The van der Waals surface area contributed by atoms with Gasteiger partial charge in [-0.25, -0.2) is 0 Å². The van der Waals surface area contributed by atoms with E-state index in [1.54, 1.807) is 0 Å². The van der Waals surface area contributed by atoms with Gasteiger partial charge in [0, 0.05) is 13.1 Å². The van der Waals surface area contributed by atoms with Crippen molar-refractivity contribution in [3.05, 3.63) is 0 Å². The Hall–Kier alpha value is -0.610. The number of hydrogen-bond donors (Lipinski definition) is 2. The first-order chi connectivity index (χ1) is 8.06. The number of likely N-dealkylation sites (tertiary alicyclic amines) is 1. The van der Waals surface area contributed by atoms with Crippen molar-refractivity contribution < 1.29 is 9.90 Å². The molecule has 0 aromatic heterocycles. The molecule has 2 unspecified atom stereocenters. The van der Waals surface area contributed by atoms with Gasteiger partial charge in [-0.2, -0.15) is 0 Å². The molecule has 2 rings (SSSR count). The number of rotatable bonds is 6. The minimum atomic E-state index is -0.695. The molecule has 4 nitrogen and oxygen atoms in total. The van der Waals surface area contributed by atoms with Crippen LogP contribution in [0.1, 0.15) is 33.1 Å². The fraction of sp³-hybridized carbons (Fsp3) is 0.923. The number of carboxylic acids is 1. The van der Waals surface area contributed by atoms with Crippen LogP contribution in [0.15, 0.2) is 0 Å². The zero-order valence-corrected chi connectivity index (χ0v) is 10.9. The zero-order valence-electron chi connectivity index (χ0n) is 10.9. The molecule has 98 valence electrons. The maximum atomic E-state index is 11.4. The lowest BCUT2D eigenvalue weighted by Gasteiger charge is -2.28. The monoisotopic (exact) mass is 240 g/mol. The predicted octanol–water partition coefficient (Wildman–Crippen LogP) is 1.17. The second-order valence-electron chi connectivity index (χ2n) is 5.71. The molecular weight excluding hydrogens is 216 g/mol. The van der Waals surface area contributed by atoms with Gasteiger partial charge in [0.05, 0.1) is 0 Å². The molecule has 1 aliphatic heterocycles. The van der Waals surface area contributed by atoms with E-state index in [2.05, 4.69) is 17.1 Å². The van der Waals surface area contributed by atoms with Crippen LogP contribution in [0.4, 0.5) is 0 Å². The Morgan fingerprint density at radius 1 is 1.47 bits per heavy atom. The van der Waals surface area contributed by atoms with Crippen molar-refractivity contribution in [3.8, 4) is 0 Å². The first-order valence-corrected chi connectivity index (χ1v) is 6.77. The lowest BCUT2D eigenvalue weighted by atomic mass is 9.95. The van der Waals surface area contributed by atoms with Gasteiger partial charge in [0.1, 0.15) is 5.54 Å². The summed E-state index contributed by atoms with van der Waals surface area (Å²) in [6.45, 7) is 8.26. The summed E-state index contributed by atoms with van der Waals surface area (Å²) < 4.78 is 0. The quantitative estimate of drug-likeness (QED) is 0.732. The summed E-state index contributed by atoms with van der Waals surface area (Å²) in [6.07, 6.45) is 3.31. The highest BCUT2D eigenvalue weighted by atomic mass is 16.4. The molecule has 17 heavy (non-hydrogen) atoms. The average Bonchev–Trinajstić information content (AvgIpc) is 3.06. The van der Waals surface area contributed by atoms with Gasteiger partial charge in [0.2, 0.25) is 0 Å². The zero-order chi connectivity index (χ0) is 12.5. The first kappa shape index (κ1) is 12.8. The summed E-state index contributed by atoms with van der Waals surface area (Å²) >= 11 is 0. The summed E-state index contributed by atoms with van der Waals surface area (Å²) in [5.41, 5.74) is -0.695. The van der Waals surface area contributed by atoms with E-state index >= 15 is 0 Å². The highest BCUT2D eigenvalue weighted by Gasteiger charge is 2.47. The molecule has 2 fully saturated rings. The van der Waals surface area contributed by atoms with Crippen molar-refractivity contribution >= 4 is 5.97 Å². The lowest BCUT2D eigenvalue weighted by Crippen LogP contribution is -2.53. The molecule has 2 N–H and O–H groups in total. The fourth-order valence-electron chi connectivity index (χ4n) is 2.78. The van der Waals surface area contributed by atoms with E-state index in [4.69, 9.17) is 0 Å². The summed E-state index contributed by atoms with van der Waals surface area (Å²) in [5.74, 6) is 0.265. The molecule has 2 aliphatic rings. The van der Waals surface area contributed by atoms with Crippen LogP contribution in [0, 0.1) is 11.8 Å². The number of hydrogen-bond acceptors (Lipinski definition) is 3. The number of carbonyl (C=O) groups is 1. The van der Waals surface area contributed by atoms with Crippen molar-refractivity contribution in [2.75, 3.05) is 26.2 Å². The molecule has 0 bridgehead atoms. The molecule has 0 amide bonds. The maximum Gasteiger partial charge on any atom is 0.323 e. The van der Waals surface area contributed by atoms with Gasteiger partial charge < -0.3 is 15.3 Å². The molecule has 1 heterocycles. The molecule has 1 saturated heterocycles. The maximum absolute atomic E-state index is 11.4. The van der Waals surface area contributed by atoms with E-state index in [0.717, 1.165) is 39.0 Å². The third kappa shape index (κ3) is 2.80. The minimum absolute atomic E-state index is 0.337. The minimum Gasteiger partial charge on any atom is -0.480 e. The molecule has 1 saturated carbocycles. The Bertz CT molecular complexity index is 291. The fourth-order valence-corrected chi connectivity index (χ4v) is 2.78. The number of nitrogens with one attached hydrogen (secondary N) is 1. The van der Waals surface area contributed by atoms with Gasteiger partial charge in [-0.05, 0) is 51.1 Å². The van der Waals surface area contributed by atoms with Gasteiger partial charge in [-0.1, -0.05) is 6.92 Å². The van der Waals surface area contributed by atoms with Crippen LogP contribution in [-0.4, -0.2) is 47.7 Å². The van der Waals surface area contributed by atoms with Crippen LogP contribution in [-0.2, 0) is 4.79 Å². The second kappa shape index (κ2) is 4.94. The largest absolute Gasteiger partial charge is 0.480 e. The van der Waals surface area contributed by atoms with Gasteiger partial charge in [-0.3, -0.25) is 4.79 Å². The third-order valence-electron chi connectivity index (χ3n) is 4.41. The van der Waals surface area contributed by atoms with Gasteiger partial charge >= 0.3 is 5.97 Å². The van der Waals surface area contributed by atoms with Crippen LogP contribution < -0.4 is 5.32 Å².